The van der Waals surface area contributed by atoms with Gasteiger partial charge in [0.25, 0.3) is 0 Å². The molecule has 0 bridgehead atoms. The molecule has 1 saturated carbocycles. The fraction of sp³-hybridized carbons (Fsp3) is 0.500. The highest BCUT2D eigenvalue weighted by Crippen LogP contribution is 2.33. The van der Waals surface area contributed by atoms with E-state index in [1.165, 1.54) is 12.1 Å². The second kappa shape index (κ2) is 7.49. The van der Waals surface area contributed by atoms with Gasteiger partial charge in [-0.3, -0.25) is 0 Å². The Labute approximate surface area is 129 Å². The van der Waals surface area contributed by atoms with Crippen molar-refractivity contribution in [1.29, 1.82) is 5.26 Å². The largest absolute Gasteiger partial charge is 0.416 e. The summed E-state index contributed by atoms with van der Waals surface area (Å²) in [5, 5.41) is 8.52. The minimum Gasteiger partial charge on any atom is -0.193 e. The normalized spacial score (nSPS) is 22.6. The van der Waals surface area contributed by atoms with Gasteiger partial charge in [-0.2, -0.15) is 18.4 Å². The van der Waals surface area contributed by atoms with Gasteiger partial charge < -0.3 is 0 Å². The monoisotopic (exact) mass is 307 g/mol. The molecule has 1 aliphatic carbocycles. The summed E-state index contributed by atoms with van der Waals surface area (Å²) in [7, 11) is 0. The summed E-state index contributed by atoms with van der Waals surface area (Å²) in [5.74, 6) is 1.16. The Balaban J connectivity index is 1.77. The van der Waals surface area contributed by atoms with Crippen molar-refractivity contribution in [3.63, 3.8) is 0 Å². The summed E-state index contributed by atoms with van der Waals surface area (Å²) >= 11 is 0. The summed E-state index contributed by atoms with van der Waals surface area (Å²) in [6.45, 7) is 0. The number of aryl methyl sites for hydroxylation is 1. The number of hydrogen-bond donors (Lipinski definition) is 0. The lowest BCUT2D eigenvalue weighted by atomic mass is 9.79. The van der Waals surface area contributed by atoms with Crippen LogP contribution in [0.3, 0.4) is 0 Å². The third-order valence-electron chi connectivity index (χ3n) is 4.46. The maximum Gasteiger partial charge on any atom is 0.416 e. The van der Waals surface area contributed by atoms with Crippen LogP contribution in [-0.2, 0) is 12.6 Å². The molecule has 0 N–H and O–H groups in total. The van der Waals surface area contributed by atoms with Crippen LogP contribution in [0.1, 0.15) is 43.2 Å². The van der Waals surface area contributed by atoms with E-state index < -0.39 is 11.7 Å². The Morgan fingerprint density at radius 3 is 2.27 bits per heavy atom. The van der Waals surface area contributed by atoms with Gasteiger partial charge in [0.2, 0.25) is 0 Å². The van der Waals surface area contributed by atoms with E-state index in [-0.39, 0.29) is 0 Å². The zero-order chi connectivity index (χ0) is 16.0. The van der Waals surface area contributed by atoms with Crippen molar-refractivity contribution >= 4 is 0 Å². The number of benzene rings is 1. The van der Waals surface area contributed by atoms with Gasteiger partial charge in [0, 0.05) is 6.08 Å². The van der Waals surface area contributed by atoms with Crippen LogP contribution in [0, 0.1) is 23.2 Å². The first-order valence-electron chi connectivity index (χ1n) is 7.71. The molecular formula is C18H20F3N. The lowest BCUT2D eigenvalue weighted by Gasteiger charge is -2.26. The molecule has 22 heavy (non-hydrogen) atoms. The number of rotatable bonds is 4. The molecule has 0 amide bonds. The first-order chi connectivity index (χ1) is 10.5. The van der Waals surface area contributed by atoms with Crippen LogP contribution in [-0.4, -0.2) is 0 Å². The standard InChI is InChI=1S/C18H20F3N/c19-18(20,21)17-11-9-16(10-12-17)8-7-15-5-3-14(4-6-15)2-1-13-22/h1-2,9-12,14-15H,3-8H2/t14-,15-. The van der Waals surface area contributed by atoms with Crippen molar-refractivity contribution in [1.82, 2.24) is 0 Å². The van der Waals surface area contributed by atoms with Crippen molar-refractivity contribution in [2.24, 2.45) is 11.8 Å². The van der Waals surface area contributed by atoms with E-state index in [1.54, 1.807) is 18.2 Å². The topological polar surface area (TPSA) is 23.8 Å². The van der Waals surface area contributed by atoms with Crippen molar-refractivity contribution in [2.45, 2.75) is 44.7 Å². The van der Waals surface area contributed by atoms with Crippen molar-refractivity contribution in [3.05, 3.63) is 47.5 Å². The van der Waals surface area contributed by atoms with Crippen molar-refractivity contribution in [2.75, 3.05) is 0 Å². The smallest absolute Gasteiger partial charge is 0.193 e. The van der Waals surface area contributed by atoms with Gasteiger partial charge in [0.15, 0.2) is 0 Å². The molecule has 0 radical (unpaired) electrons. The maximum absolute atomic E-state index is 12.5. The minimum atomic E-state index is -4.26. The zero-order valence-corrected chi connectivity index (χ0v) is 12.4. The van der Waals surface area contributed by atoms with E-state index in [0.29, 0.717) is 11.8 Å². The Kier molecular flexibility index (Phi) is 5.65. The Bertz CT molecular complexity index is 529. The summed E-state index contributed by atoms with van der Waals surface area (Å²) in [6, 6.07) is 7.53. The summed E-state index contributed by atoms with van der Waals surface area (Å²) in [6.07, 6.45) is 5.66. The molecule has 4 heteroatoms. The lowest BCUT2D eigenvalue weighted by molar-refractivity contribution is -0.137. The zero-order valence-electron chi connectivity index (χ0n) is 12.4. The lowest BCUT2D eigenvalue weighted by Crippen LogP contribution is -2.13. The first kappa shape index (κ1) is 16.6. The third-order valence-corrected chi connectivity index (χ3v) is 4.46. The quantitative estimate of drug-likeness (QED) is 0.671. The highest BCUT2D eigenvalue weighted by Gasteiger charge is 2.29. The number of hydrogen-bond acceptors (Lipinski definition) is 1. The van der Waals surface area contributed by atoms with E-state index >= 15 is 0 Å². The summed E-state index contributed by atoms with van der Waals surface area (Å²) in [4.78, 5) is 0. The van der Waals surface area contributed by atoms with Crippen LogP contribution in [0.2, 0.25) is 0 Å². The number of halogens is 3. The van der Waals surface area contributed by atoms with Crippen LogP contribution in [0.4, 0.5) is 13.2 Å². The minimum absolute atomic E-state index is 0.516. The average Bonchev–Trinajstić information content (AvgIpc) is 2.51. The maximum atomic E-state index is 12.5. The molecule has 1 nitrogen and oxygen atoms in total. The molecule has 1 aromatic rings. The summed E-state index contributed by atoms with van der Waals surface area (Å²) in [5.41, 5.74) is 0.389. The number of nitrogens with zero attached hydrogens (tertiary/aromatic N) is 1. The summed E-state index contributed by atoms with van der Waals surface area (Å²) < 4.78 is 37.5. The molecule has 0 aliphatic heterocycles. The molecule has 1 aliphatic rings. The molecule has 0 atom stereocenters. The first-order valence-corrected chi connectivity index (χ1v) is 7.71. The van der Waals surface area contributed by atoms with Crippen molar-refractivity contribution < 1.29 is 13.2 Å². The molecule has 0 spiro atoms. The van der Waals surface area contributed by atoms with E-state index in [2.05, 4.69) is 0 Å². The van der Waals surface area contributed by atoms with Crippen LogP contribution in [0.5, 0.6) is 0 Å². The Morgan fingerprint density at radius 2 is 1.73 bits per heavy atom. The molecule has 0 saturated heterocycles. The Hall–Kier alpha value is -1.76. The van der Waals surface area contributed by atoms with Gasteiger partial charge in [-0.05, 0) is 68.1 Å². The fourth-order valence-corrected chi connectivity index (χ4v) is 3.08. The molecule has 118 valence electrons. The van der Waals surface area contributed by atoms with Crippen molar-refractivity contribution in [3.8, 4) is 6.07 Å². The fourth-order valence-electron chi connectivity index (χ4n) is 3.08. The molecule has 0 aromatic heterocycles. The second-order valence-corrected chi connectivity index (χ2v) is 6.00. The molecule has 1 fully saturated rings. The second-order valence-electron chi connectivity index (χ2n) is 6.00. The molecule has 0 unspecified atom stereocenters. The van der Waals surface area contributed by atoms with E-state index in [4.69, 9.17) is 5.26 Å². The highest BCUT2D eigenvalue weighted by molar-refractivity contribution is 5.24. The van der Waals surface area contributed by atoms with Gasteiger partial charge >= 0.3 is 6.18 Å². The number of nitriles is 1. The molecule has 1 aromatic carbocycles. The third kappa shape index (κ3) is 4.91. The number of allylic oxidation sites excluding steroid dienone is 2. The predicted octanol–water partition coefficient (Wildman–Crippen LogP) is 5.52. The van der Waals surface area contributed by atoms with Crippen LogP contribution in [0.15, 0.2) is 36.4 Å². The van der Waals surface area contributed by atoms with Gasteiger partial charge in [0.05, 0.1) is 11.6 Å². The van der Waals surface area contributed by atoms with Crippen LogP contribution >= 0.6 is 0 Å². The Morgan fingerprint density at radius 1 is 1.09 bits per heavy atom. The predicted molar refractivity (Wildman–Crippen MR) is 80.0 cm³/mol. The van der Waals surface area contributed by atoms with Gasteiger partial charge in [-0.1, -0.05) is 18.2 Å². The van der Waals surface area contributed by atoms with E-state index in [9.17, 15) is 13.2 Å². The molecule has 0 heterocycles. The number of alkyl halides is 3. The average molecular weight is 307 g/mol. The van der Waals surface area contributed by atoms with Crippen LogP contribution in [0.25, 0.3) is 0 Å². The SMILES string of the molecule is N#CC=C[C@H]1CC[C@H](CCc2ccc(C(F)(F)F)cc2)CC1. The molecule has 2 rings (SSSR count). The van der Waals surface area contributed by atoms with Gasteiger partial charge in [-0.15, -0.1) is 0 Å². The highest BCUT2D eigenvalue weighted by atomic mass is 19.4. The molecular weight excluding hydrogens is 287 g/mol. The van der Waals surface area contributed by atoms with E-state index in [1.807, 2.05) is 12.1 Å². The van der Waals surface area contributed by atoms with Gasteiger partial charge in [0.1, 0.15) is 0 Å². The van der Waals surface area contributed by atoms with Gasteiger partial charge in [-0.25, -0.2) is 0 Å². The van der Waals surface area contributed by atoms with E-state index in [0.717, 1.165) is 44.1 Å². The van der Waals surface area contributed by atoms with Crippen LogP contribution < -0.4 is 0 Å².